The third-order valence-corrected chi connectivity index (χ3v) is 3.40. The van der Waals surface area contributed by atoms with Crippen molar-refractivity contribution < 1.29 is 0 Å². The molecule has 0 saturated carbocycles. The molecule has 0 amide bonds. The van der Waals surface area contributed by atoms with Crippen molar-refractivity contribution in [3.05, 3.63) is 16.1 Å². The van der Waals surface area contributed by atoms with Crippen LogP contribution in [0.2, 0.25) is 0 Å². The van der Waals surface area contributed by atoms with Crippen molar-refractivity contribution in [3.8, 4) is 0 Å². The van der Waals surface area contributed by atoms with Gasteiger partial charge in [0.1, 0.15) is 0 Å². The fraction of sp³-hybridized carbons (Fsp3) is 0.769. The van der Waals surface area contributed by atoms with Crippen molar-refractivity contribution in [3.63, 3.8) is 0 Å². The molecule has 0 fully saturated rings. The molecule has 1 heterocycles. The highest BCUT2D eigenvalue weighted by Crippen LogP contribution is 2.16. The standard InChI is InChI=1S/C13H24N2S/c1-10(2)5-6-14-8-12-9-15-13(16-12)7-11(3)4/h9-11,14H,5-8H2,1-4H3. The maximum Gasteiger partial charge on any atom is 0.0930 e. The lowest BCUT2D eigenvalue weighted by molar-refractivity contribution is 0.539. The number of hydrogen-bond donors (Lipinski definition) is 1. The zero-order chi connectivity index (χ0) is 12.0. The van der Waals surface area contributed by atoms with Crippen LogP contribution >= 0.6 is 11.3 Å². The van der Waals surface area contributed by atoms with Crippen LogP contribution in [0.3, 0.4) is 0 Å². The molecule has 0 saturated heterocycles. The van der Waals surface area contributed by atoms with Crippen molar-refractivity contribution in [1.29, 1.82) is 0 Å². The normalized spacial score (nSPS) is 11.6. The second-order valence-corrected chi connectivity index (χ2v) is 6.38. The SMILES string of the molecule is CC(C)CCNCc1cnc(CC(C)C)s1. The van der Waals surface area contributed by atoms with Crippen LogP contribution in [0.1, 0.15) is 44.0 Å². The summed E-state index contributed by atoms with van der Waals surface area (Å²) in [7, 11) is 0. The highest BCUT2D eigenvalue weighted by atomic mass is 32.1. The minimum absolute atomic E-state index is 0.702. The molecule has 0 aliphatic rings. The maximum atomic E-state index is 4.45. The van der Waals surface area contributed by atoms with Gasteiger partial charge >= 0.3 is 0 Å². The van der Waals surface area contributed by atoms with Gasteiger partial charge in [-0.3, -0.25) is 0 Å². The Morgan fingerprint density at radius 2 is 2.00 bits per heavy atom. The molecule has 0 radical (unpaired) electrons. The van der Waals surface area contributed by atoms with E-state index >= 15 is 0 Å². The lowest BCUT2D eigenvalue weighted by Crippen LogP contribution is -2.15. The second kappa shape index (κ2) is 7.02. The summed E-state index contributed by atoms with van der Waals surface area (Å²) in [6.45, 7) is 11.1. The van der Waals surface area contributed by atoms with Crippen LogP contribution in [-0.4, -0.2) is 11.5 Å². The van der Waals surface area contributed by atoms with Gasteiger partial charge in [0.25, 0.3) is 0 Å². The zero-order valence-corrected chi connectivity index (χ0v) is 11.7. The second-order valence-electron chi connectivity index (χ2n) is 5.18. The maximum absolute atomic E-state index is 4.45. The van der Waals surface area contributed by atoms with E-state index in [1.807, 2.05) is 17.5 Å². The molecule has 92 valence electrons. The Hall–Kier alpha value is -0.410. The summed E-state index contributed by atoms with van der Waals surface area (Å²) >= 11 is 1.85. The minimum Gasteiger partial charge on any atom is -0.312 e. The molecule has 1 N–H and O–H groups in total. The molecule has 0 aliphatic heterocycles. The molecule has 2 nitrogen and oxygen atoms in total. The van der Waals surface area contributed by atoms with Crippen LogP contribution in [-0.2, 0) is 13.0 Å². The average molecular weight is 240 g/mol. The van der Waals surface area contributed by atoms with E-state index in [4.69, 9.17) is 0 Å². The van der Waals surface area contributed by atoms with Crippen LogP contribution in [0.5, 0.6) is 0 Å². The number of thiazole rings is 1. The van der Waals surface area contributed by atoms with Crippen molar-refractivity contribution in [1.82, 2.24) is 10.3 Å². The van der Waals surface area contributed by atoms with Gasteiger partial charge in [0, 0.05) is 24.0 Å². The molecule has 1 rings (SSSR count). The first kappa shape index (κ1) is 13.7. The number of aromatic nitrogens is 1. The summed E-state index contributed by atoms with van der Waals surface area (Å²) in [5.41, 5.74) is 0. The van der Waals surface area contributed by atoms with Gasteiger partial charge in [0.15, 0.2) is 0 Å². The van der Waals surface area contributed by atoms with Gasteiger partial charge in [-0.2, -0.15) is 0 Å². The van der Waals surface area contributed by atoms with Crippen molar-refractivity contribution in [2.75, 3.05) is 6.54 Å². The predicted octanol–water partition coefficient (Wildman–Crippen LogP) is 3.48. The molecule has 16 heavy (non-hydrogen) atoms. The molecule has 1 aromatic rings. The van der Waals surface area contributed by atoms with E-state index in [0.29, 0.717) is 5.92 Å². The molecule has 0 aliphatic carbocycles. The van der Waals surface area contributed by atoms with Gasteiger partial charge in [-0.25, -0.2) is 4.98 Å². The molecule has 0 aromatic carbocycles. The third-order valence-electron chi connectivity index (χ3n) is 2.38. The molecule has 0 bridgehead atoms. The highest BCUT2D eigenvalue weighted by molar-refractivity contribution is 7.11. The van der Waals surface area contributed by atoms with Crippen molar-refractivity contribution in [2.24, 2.45) is 11.8 Å². The number of nitrogens with one attached hydrogen (secondary N) is 1. The topological polar surface area (TPSA) is 24.9 Å². The summed E-state index contributed by atoms with van der Waals surface area (Å²) in [6.07, 6.45) is 4.37. The number of hydrogen-bond acceptors (Lipinski definition) is 3. The molecule has 0 atom stereocenters. The molecular formula is C13H24N2S. The Morgan fingerprint density at radius 3 is 2.62 bits per heavy atom. The first-order chi connectivity index (χ1) is 7.58. The van der Waals surface area contributed by atoms with Crippen LogP contribution in [0, 0.1) is 11.8 Å². The Balaban J connectivity index is 2.24. The van der Waals surface area contributed by atoms with Crippen LogP contribution < -0.4 is 5.32 Å². The average Bonchev–Trinajstić information content (AvgIpc) is 2.59. The van der Waals surface area contributed by atoms with E-state index in [2.05, 4.69) is 38.0 Å². The quantitative estimate of drug-likeness (QED) is 0.738. The van der Waals surface area contributed by atoms with Crippen LogP contribution in [0.25, 0.3) is 0 Å². The summed E-state index contributed by atoms with van der Waals surface area (Å²) < 4.78 is 0. The Bertz CT molecular complexity index is 292. The number of rotatable bonds is 7. The van der Waals surface area contributed by atoms with E-state index < -0.39 is 0 Å². The van der Waals surface area contributed by atoms with E-state index in [1.165, 1.54) is 16.3 Å². The van der Waals surface area contributed by atoms with Crippen molar-refractivity contribution in [2.45, 2.75) is 47.1 Å². The fourth-order valence-corrected chi connectivity index (χ4v) is 2.58. The largest absolute Gasteiger partial charge is 0.312 e. The highest BCUT2D eigenvalue weighted by Gasteiger charge is 2.04. The van der Waals surface area contributed by atoms with Gasteiger partial charge in [0.2, 0.25) is 0 Å². The monoisotopic (exact) mass is 240 g/mol. The van der Waals surface area contributed by atoms with Gasteiger partial charge in [0.05, 0.1) is 5.01 Å². The lowest BCUT2D eigenvalue weighted by Gasteiger charge is -2.04. The first-order valence-corrected chi connectivity index (χ1v) is 7.04. The fourth-order valence-electron chi connectivity index (χ4n) is 1.48. The minimum atomic E-state index is 0.702. The van der Waals surface area contributed by atoms with E-state index in [1.54, 1.807) is 0 Å². The summed E-state index contributed by atoms with van der Waals surface area (Å²) in [5.74, 6) is 1.48. The lowest BCUT2D eigenvalue weighted by atomic mass is 10.1. The van der Waals surface area contributed by atoms with E-state index in [9.17, 15) is 0 Å². The Kier molecular flexibility index (Phi) is 5.99. The van der Waals surface area contributed by atoms with Crippen LogP contribution in [0.15, 0.2) is 6.20 Å². The smallest absolute Gasteiger partial charge is 0.0930 e. The summed E-state index contributed by atoms with van der Waals surface area (Å²) in [4.78, 5) is 5.81. The van der Waals surface area contributed by atoms with Gasteiger partial charge < -0.3 is 5.32 Å². The predicted molar refractivity (Wildman–Crippen MR) is 71.8 cm³/mol. The summed E-state index contributed by atoms with van der Waals surface area (Å²) in [5, 5.41) is 4.74. The molecular weight excluding hydrogens is 216 g/mol. The van der Waals surface area contributed by atoms with Gasteiger partial charge in [-0.15, -0.1) is 11.3 Å². The Labute approximate surface area is 103 Å². The zero-order valence-electron chi connectivity index (χ0n) is 10.9. The number of nitrogens with zero attached hydrogens (tertiary/aromatic N) is 1. The molecule has 0 spiro atoms. The molecule has 1 aromatic heterocycles. The van der Waals surface area contributed by atoms with Gasteiger partial charge in [-0.05, 0) is 24.8 Å². The van der Waals surface area contributed by atoms with E-state index in [-0.39, 0.29) is 0 Å². The van der Waals surface area contributed by atoms with Crippen molar-refractivity contribution >= 4 is 11.3 Å². The van der Waals surface area contributed by atoms with Gasteiger partial charge in [-0.1, -0.05) is 27.7 Å². The van der Waals surface area contributed by atoms with E-state index in [0.717, 1.165) is 25.4 Å². The summed E-state index contributed by atoms with van der Waals surface area (Å²) in [6, 6.07) is 0. The third kappa shape index (κ3) is 5.61. The van der Waals surface area contributed by atoms with Crippen LogP contribution in [0.4, 0.5) is 0 Å². The molecule has 0 unspecified atom stereocenters. The Morgan fingerprint density at radius 1 is 1.25 bits per heavy atom. The molecule has 3 heteroatoms. The first-order valence-electron chi connectivity index (χ1n) is 6.22.